The lowest BCUT2D eigenvalue weighted by molar-refractivity contribution is -0.138. The van der Waals surface area contributed by atoms with Crippen molar-refractivity contribution in [2.24, 2.45) is 11.8 Å². The molecule has 8 N–H and O–H groups in total. The lowest BCUT2D eigenvalue weighted by Gasteiger charge is -2.36. The Balaban J connectivity index is 0.000000340. The van der Waals surface area contributed by atoms with Crippen LogP contribution >= 0.6 is 0 Å². The Hall–Kier alpha value is -11.6. The molecule has 9 aromatic rings. The molecule has 13 rings (SSSR count). The van der Waals surface area contributed by atoms with Crippen LogP contribution < -0.4 is 52.3 Å². The Morgan fingerprint density at radius 1 is 0.462 bits per heavy atom. The summed E-state index contributed by atoms with van der Waals surface area (Å²) in [5.74, 6) is -1.45. The van der Waals surface area contributed by atoms with Gasteiger partial charge in [0.25, 0.3) is 0 Å². The molecule has 1 unspecified atom stereocenters. The number of hydrogen-bond donors (Lipinski definition) is 6. The molecule has 3 atom stereocenters. The molecule has 0 saturated carbocycles. The lowest BCUT2D eigenvalue weighted by atomic mass is 10.0. The van der Waals surface area contributed by atoms with Gasteiger partial charge in [0.05, 0.1) is 33.4 Å². The van der Waals surface area contributed by atoms with Gasteiger partial charge < -0.3 is 52.3 Å². The van der Waals surface area contributed by atoms with Gasteiger partial charge in [-0.1, -0.05) is 83.3 Å². The van der Waals surface area contributed by atoms with E-state index in [2.05, 4.69) is 102 Å². The van der Waals surface area contributed by atoms with Crippen molar-refractivity contribution in [3.05, 3.63) is 249 Å². The fraction of sp³-hybridized carbons (Fsp3) is 0.349. The molecule has 4 saturated heterocycles. The van der Waals surface area contributed by atoms with Gasteiger partial charge in [-0.2, -0.15) is 52.7 Å². The van der Waals surface area contributed by atoms with Crippen LogP contribution in [0, 0.1) is 25.7 Å². The third-order valence-electron chi connectivity index (χ3n) is 19.8. The van der Waals surface area contributed by atoms with Crippen LogP contribution in [0.4, 0.5) is 87.6 Å². The van der Waals surface area contributed by atoms with Crippen molar-refractivity contribution >= 4 is 70.2 Å². The van der Waals surface area contributed by atoms with Gasteiger partial charge in [0, 0.05) is 159 Å². The SMILES string of the molecule is C=Cc1cnc(C)c(C(=O)c2nc(N3CCNC(c4ccccc4)C3)ccc2C(F)(F)F)c1.C=Cc1cnc(N)c(C(=O)c2nc(N3CCNCC3)ccc2C(F)(F)F)c1.CC(C)[C@H]1CN(c2ccc(C(F)(F)F)c(C(=O)c3cccnc3N)n2)CCN1.Cc1ncccc1C(=O)c1nc(N2CCN[C@@H](CC(C)C)C2)ccc1C(F)(F)F.[HH].[HH].[HH].[HH].[HH].[HH]. The monoisotopic (exact) mass is 1640 g/mol. The molecule has 0 aliphatic carbocycles. The van der Waals surface area contributed by atoms with Crippen molar-refractivity contribution in [3.8, 4) is 0 Å². The zero-order valence-electron chi connectivity index (χ0n) is 64.8. The topological polar surface area (TPSA) is 285 Å². The number of rotatable bonds is 18. The molecule has 0 radical (unpaired) electrons. The molecule has 0 bridgehead atoms. The molecule has 0 amide bonds. The third kappa shape index (κ3) is 22.1. The quantitative estimate of drug-likeness (QED) is 0.0344. The highest BCUT2D eigenvalue weighted by Gasteiger charge is 2.42. The average Bonchev–Trinajstić information content (AvgIpc) is 0.799. The van der Waals surface area contributed by atoms with E-state index < -0.39 is 92.9 Å². The van der Waals surface area contributed by atoms with E-state index in [0.717, 1.165) is 36.2 Å². The third-order valence-corrected chi connectivity index (χ3v) is 19.8. The van der Waals surface area contributed by atoms with E-state index >= 15 is 0 Å². The molecule has 22 nitrogen and oxygen atoms in total. The summed E-state index contributed by atoms with van der Waals surface area (Å²) >= 11 is 0. The van der Waals surface area contributed by atoms with Gasteiger partial charge in [0.15, 0.2) is 0 Å². The highest BCUT2D eigenvalue weighted by Crippen LogP contribution is 2.39. The summed E-state index contributed by atoms with van der Waals surface area (Å²) in [6.07, 6.45) is -9.19. The number of halogens is 12. The summed E-state index contributed by atoms with van der Waals surface area (Å²) in [5.41, 5.74) is 7.36. The van der Waals surface area contributed by atoms with Gasteiger partial charge in [0.1, 0.15) is 57.7 Å². The normalized spacial score (nSPS) is 16.7. The summed E-state index contributed by atoms with van der Waals surface area (Å²) in [6, 6.07) is 27.9. The number of nitrogens with zero attached hydrogens (tertiary/aromatic N) is 12. The van der Waals surface area contributed by atoms with E-state index in [4.69, 9.17) is 11.5 Å². The number of nitrogens with two attached hydrogens (primary N) is 2. The van der Waals surface area contributed by atoms with E-state index in [9.17, 15) is 71.9 Å². The molecule has 117 heavy (non-hydrogen) atoms. The van der Waals surface area contributed by atoms with Crippen LogP contribution in [0.15, 0.2) is 153 Å². The van der Waals surface area contributed by atoms with Crippen LogP contribution in [0.3, 0.4) is 0 Å². The summed E-state index contributed by atoms with van der Waals surface area (Å²) in [6.45, 7) is 26.9. The van der Waals surface area contributed by atoms with Crippen LogP contribution in [0.2, 0.25) is 0 Å². The van der Waals surface area contributed by atoms with Gasteiger partial charge >= 0.3 is 24.7 Å². The van der Waals surface area contributed by atoms with Gasteiger partial charge in [-0.25, -0.2) is 29.9 Å². The molecular formula is C83H100F12N18O4. The number of anilines is 6. The molecular weight excluding hydrogens is 1540 g/mol. The number of pyridine rings is 8. The molecule has 4 fully saturated rings. The second-order valence-corrected chi connectivity index (χ2v) is 28.7. The number of hydrogen-bond acceptors (Lipinski definition) is 22. The molecule has 0 spiro atoms. The van der Waals surface area contributed by atoms with Crippen molar-refractivity contribution in [1.29, 1.82) is 0 Å². The van der Waals surface area contributed by atoms with Crippen LogP contribution in [-0.4, -0.2) is 160 Å². The van der Waals surface area contributed by atoms with Crippen molar-refractivity contribution in [1.82, 2.24) is 61.1 Å². The van der Waals surface area contributed by atoms with Crippen molar-refractivity contribution < 1.29 is 80.4 Å². The summed E-state index contributed by atoms with van der Waals surface area (Å²) in [7, 11) is 0. The highest BCUT2D eigenvalue weighted by molar-refractivity contribution is 6.13. The maximum absolute atomic E-state index is 13.8. The minimum absolute atomic E-state index is 0. The molecule has 4 aliphatic heterocycles. The van der Waals surface area contributed by atoms with Crippen LogP contribution in [0.1, 0.15) is 163 Å². The maximum atomic E-state index is 13.8. The van der Waals surface area contributed by atoms with Gasteiger partial charge in [-0.05, 0) is 134 Å². The molecule has 34 heteroatoms. The Kier molecular flexibility index (Phi) is 28.5. The van der Waals surface area contributed by atoms with Crippen LogP contribution in [0.5, 0.6) is 0 Å². The number of ketones is 4. The van der Waals surface area contributed by atoms with Crippen molar-refractivity contribution in [2.45, 2.75) is 90.8 Å². The maximum Gasteiger partial charge on any atom is 0.418 e. The smallest absolute Gasteiger partial charge is 0.383 e. The number of carbonyl (C=O) groups excluding carboxylic acids is 4. The number of aromatic nitrogens is 8. The Morgan fingerprint density at radius 2 is 0.863 bits per heavy atom. The molecule has 630 valence electrons. The minimum Gasteiger partial charge on any atom is -0.383 e. The first-order valence-corrected chi connectivity index (χ1v) is 37.5. The second kappa shape index (κ2) is 38.0. The fourth-order valence-corrected chi connectivity index (χ4v) is 13.6. The molecule has 1 aromatic carbocycles. The number of nitrogen functional groups attached to an aromatic ring is 2. The van der Waals surface area contributed by atoms with E-state index in [1.165, 1.54) is 97.6 Å². The van der Waals surface area contributed by atoms with Gasteiger partial charge in [-0.3, -0.25) is 29.1 Å². The second-order valence-electron chi connectivity index (χ2n) is 28.7. The first-order chi connectivity index (χ1) is 55.4. The summed E-state index contributed by atoms with van der Waals surface area (Å²) < 4.78 is 163. The Labute approximate surface area is 676 Å². The number of piperazine rings is 4. The number of carbonyl (C=O) groups is 4. The number of alkyl halides is 12. The first-order valence-electron chi connectivity index (χ1n) is 37.5. The molecule has 8 aromatic heterocycles. The minimum atomic E-state index is -4.72. The van der Waals surface area contributed by atoms with Gasteiger partial charge in [0.2, 0.25) is 23.1 Å². The zero-order chi connectivity index (χ0) is 84.8. The summed E-state index contributed by atoms with van der Waals surface area (Å²) in [4.78, 5) is 91.9. The van der Waals surface area contributed by atoms with Crippen LogP contribution in [0.25, 0.3) is 12.2 Å². The van der Waals surface area contributed by atoms with E-state index in [1.54, 1.807) is 13.8 Å². The Bertz CT molecular complexity index is 5070. The number of aryl methyl sites for hydroxylation is 2. The lowest BCUT2D eigenvalue weighted by Crippen LogP contribution is -2.53. The van der Waals surface area contributed by atoms with E-state index in [-0.39, 0.29) is 60.6 Å². The van der Waals surface area contributed by atoms with Crippen LogP contribution in [-0.2, 0) is 24.7 Å². The van der Waals surface area contributed by atoms with Gasteiger partial charge in [-0.15, -0.1) is 0 Å². The van der Waals surface area contributed by atoms with E-state index in [1.807, 2.05) is 49.9 Å². The van der Waals surface area contributed by atoms with Crippen molar-refractivity contribution in [3.63, 3.8) is 0 Å². The number of benzene rings is 1. The molecule has 4 aliphatic rings. The zero-order valence-corrected chi connectivity index (χ0v) is 64.8. The molecule has 12 heterocycles. The Morgan fingerprint density at radius 3 is 1.34 bits per heavy atom. The highest BCUT2D eigenvalue weighted by atomic mass is 19.4. The number of nitrogens with one attached hydrogen (secondary N) is 4. The predicted octanol–water partition coefficient (Wildman–Crippen LogP) is 15.3. The predicted molar refractivity (Wildman–Crippen MR) is 436 cm³/mol. The fourth-order valence-electron chi connectivity index (χ4n) is 13.6. The van der Waals surface area contributed by atoms with Crippen molar-refractivity contribution in [2.75, 3.05) is 116 Å². The first kappa shape index (κ1) is 87.8. The summed E-state index contributed by atoms with van der Waals surface area (Å²) in [5, 5.41) is 13.4. The van der Waals surface area contributed by atoms with E-state index in [0.29, 0.717) is 143 Å². The standard InChI is InChI=1S/C25H23F3N4O.C21H25F3N4O.C19H22F3N5O.C18H18F3N5O.6H2/c1-3-17-13-19(16(2)30-14-17)24(33)23-20(25(26,27)28)9-10-22(31-23)32-12-11-29-21(15-32)18-7-5-4-6-8-18;1-13(2)11-15-12-28(10-9-26-15)18-7-6-17(21(22,23)24)19(27-18)20(29)16-5-4-8-25-14(16)3;1-11(2)14-10-27(9-8-24-14)15-6-5-13(19(20,21)22)16(26-15)17(28)12-4-3-7-25-18(12)23;1-2-11-9-12(17(22)24-10-11)16(27)15-13(18(19,20)21)3-4-14(25-15)26-7-5-23-6-8-26;;;;;;/h3-10,13-14,21,29H,1,11-12,15H2,2H3;4-8,13,15,26H,9-12H2,1-3H3;3-7,11,14,24H,8-10H2,1-2H3,(H2,23,25);2-4,9-10,23H,1,5-8H2,(H2,22,24);6*1H/t;15-;14-;;;;;;;/m.01......./s1. The largest absolute Gasteiger partial charge is 0.418 e. The average molecular weight is 1640 g/mol.